The maximum absolute atomic E-state index is 13.0. The lowest BCUT2D eigenvalue weighted by molar-refractivity contribution is -0.141. The zero-order valence-electron chi connectivity index (χ0n) is 6.92. The molecule has 0 aromatic heterocycles. The number of alkyl halides is 2. The molecular formula is C9H8F2O2. The molecule has 0 amide bonds. The number of rotatable bonds is 2. The summed E-state index contributed by atoms with van der Waals surface area (Å²) in [5, 5.41) is 8.83. The highest BCUT2D eigenvalue weighted by Crippen LogP contribution is 2.29. The van der Waals surface area contributed by atoms with E-state index in [1.807, 2.05) is 0 Å². The molecule has 0 radical (unpaired) electrons. The topological polar surface area (TPSA) is 37.3 Å². The minimum Gasteiger partial charge on any atom is -0.508 e. The van der Waals surface area contributed by atoms with Gasteiger partial charge in [0.25, 0.3) is 0 Å². The highest BCUT2D eigenvalue weighted by molar-refractivity contribution is 5.84. The standard InChI is InChI=1S/C9H8F2O2/c1-6(12)9(10,11)7-2-4-8(13)5-3-7/h2-5,13H,1H3. The second kappa shape index (κ2) is 3.12. The predicted octanol–water partition coefficient (Wildman–Crippen LogP) is 2.07. The van der Waals surface area contributed by atoms with Gasteiger partial charge >= 0.3 is 5.92 Å². The van der Waals surface area contributed by atoms with Crippen LogP contribution in [0.3, 0.4) is 0 Å². The molecule has 70 valence electrons. The van der Waals surface area contributed by atoms with Crippen molar-refractivity contribution in [2.75, 3.05) is 0 Å². The maximum atomic E-state index is 13.0. The quantitative estimate of drug-likeness (QED) is 0.767. The molecule has 4 heteroatoms. The van der Waals surface area contributed by atoms with E-state index in [1.54, 1.807) is 0 Å². The van der Waals surface area contributed by atoms with Gasteiger partial charge in [0.05, 0.1) is 0 Å². The predicted molar refractivity (Wildman–Crippen MR) is 42.7 cm³/mol. The van der Waals surface area contributed by atoms with Crippen molar-refractivity contribution in [1.29, 1.82) is 0 Å². The van der Waals surface area contributed by atoms with Crippen molar-refractivity contribution in [2.24, 2.45) is 0 Å². The summed E-state index contributed by atoms with van der Waals surface area (Å²) in [5.41, 5.74) is -0.405. The molecule has 2 nitrogen and oxygen atoms in total. The first-order chi connectivity index (χ1) is 5.94. The smallest absolute Gasteiger partial charge is 0.330 e. The van der Waals surface area contributed by atoms with Crippen molar-refractivity contribution in [3.05, 3.63) is 29.8 Å². The Hall–Kier alpha value is -1.45. The number of ketones is 1. The number of carbonyl (C=O) groups excluding carboxylic acids is 1. The highest BCUT2D eigenvalue weighted by atomic mass is 19.3. The van der Waals surface area contributed by atoms with Gasteiger partial charge in [-0.2, -0.15) is 8.78 Å². The molecule has 1 aromatic rings. The zero-order valence-corrected chi connectivity index (χ0v) is 6.92. The molecule has 1 N–H and O–H groups in total. The Morgan fingerprint density at radius 3 is 2.15 bits per heavy atom. The number of aromatic hydroxyl groups is 1. The molecule has 0 saturated heterocycles. The van der Waals surface area contributed by atoms with Gasteiger partial charge in [-0.05, 0) is 24.3 Å². The summed E-state index contributed by atoms with van der Waals surface area (Å²) in [6.07, 6.45) is 0. The summed E-state index contributed by atoms with van der Waals surface area (Å²) in [6.45, 7) is 0.826. The molecule has 1 aromatic carbocycles. The lowest BCUT2D eigenvalue weighted by Crippen LogP contribution is -2.22. The van der Waals surface area contributed by atoms with Crippen molar-refractivity contribution in [2.45, 2.75) is 12.8 Å². The van der Waals surface area contributed by atoms with Crippen molar-refractivity contribution in [3.63, 3.8) is 0 Å². The first-order valence-electron chi connectivity index (χ1n) is 3.63. The number of phenolic OH excluding ortho intramolecular Hbond substituents is 1. The Balaban J connectivity index is 3.08. The fraction of sp³-hybridized carbons (Fsp3) is 0.222. The van der Waals surface area contributed by atoms with Crippen molar-refractivity contribution < 1.29 is 18.7 Å². The van der Waals surface area contributed by atoms with E-state index in [1.165, 1.54) is 0 Å². The van der Waals surface area contributed by atoms with Crippen molar-refractivity contribution >= 4 is 5.78 Å². The van der Waals surface area contributed by atoms with Crippen LogP contribution < -0.4 is 0 Å². The van der Waals surface area contributed by atoms with Crippen LogP contribution in [-0.4, -0.2) is 10.9 Å². The Labute approximate surface area is 73.8 Å². The normalized spacial score (nSPS) is 11.3. The Morgan fingerprint density at radius 1 is 1.31 bits per heavy atom. The van der Waals surface area contributed by atoms with Gasteiger partial charge in [0, 0.05) is 12.5 Å². The van der Waals surface area contributed by atoms with E-state index in [0.29, 0.717) is 0 Å². The van der Waals surface area contributed by atoms with Crippen LogP contribution in [0.2, 0.25) is 0 Å². The molecule has 1 rings (SSSR count). The molecule has 0 aliphatic carbocycles. The van der Waals surface area contributed by atoms with Gasteiger partial charge in [0.15, 0.2) is 0 Å². The summed E-state index contributed by atoms with van der Waals surface area (Å²) < 4.78 is 26.0. The van der Waals surface area contributed by atoms with E-state index in [4.69, 9.17) is 5.11 Å². The summed E-state index contributed by atoms with van der Waals surface area (Å²) in [4.78, 5) is 10.5. The van der Waals surface area contributed by atoms with Gasteiger partial charge in [0.1, 0.15) is 5.75 Å². The monoisotopic (exact) mass is 186 g/mol. The van der Waals surface area contributed by atoms with E-state index in [0.717, 1.165) is 31.2 Å². The summed E-state index contributed by atoms with van der Waals surface area (Å²) >= 11 is 0. The third-order valence-corrected chi connectivity index (χ3v) is 1.67. The number of benzene rings is 1. The van der Waals surface area contributed by atoms with E-state index >= 15 is 0 Å². The fourth-order valence-corrected chi connectivity index (χ4v) is 0.874. The van der Waals surface area contributed by atoms with E-state index in [9.17, 15) is 13.6 Å². The molecule has 0 saturated carbocycles. The van der Waals surface area contributed by atoms with E-state index < -0.39 is 17.3 Å². The van der Waals surface area contributed by atoms with Crippen LogP contribution in [0.15, 0.2) is 24.3 Å². The van der Waals surface area contributed by atoms with Gasteiger partial charge in [-0.1, -0.05) is 0 Å². The van der Waals surface area contributed by atoms with Crippen LogP contribution in [0, 0.1) is 0 Å². The minimum absolute atomic E-state index is 0.108. The first kappa shape index (κ1) is 9.64. The number of phenols is 1. The van der Waals surface area contributed by atoms with Gasteiger partial charge in [-0.3, -0.25) is 4.79 Å². The van der Waals surface area contributed by atoms with Crippen LogP contribution >= 0.6 is 0 Å². The Morgan fingerprint density at radius 2 is 1.77 bits per heavy atom. The molecule has 0 fully saturated rings. The first-order valence-corrected chi connectivity index (χ1v) is 3.63. The number of hydrogen-bond acceptors (Lipinski definition) is 2. The van der Waals surface area contributed by atoms with Gasteiger partial charge in [0.2, 0.25) is 5.78 Å². The third-order valence-electron chi connectivity index (χ3n) is 1.67. The molecule has 0 unspecified atom stereocenters. The molecule has 0 bridgehead atoms. The molecule has 13 heavy (non-hydrogen) atoms. The third kappa shape index (κ3) is 1.83. The van der Waals surface area contributed by atoms with Crippen LogP contribution in [0.5, 0.6) is 5.75 Å². The molecule has 0 aliphatic heterocycles. The molecule has 0 heterocycles. The lowest BCUT2D eigenvalue weighted by Gasteiger charge is -2.12. The highest BCUT2D eigenvalue weighted by Gasteiger charge is 2.36. The van der Waals surface area contributed by atoms with E-state index in [-0.39, 0.29) is 5.75 Å². The molecule has 0 aliphatic rings. The zero-order chi connectivity index (χ0) is 10.1. The molecule has 0 spiro atoms. The summed E-state index contributed by atoms with van der Waals surface area (Å²) in [6, 6.07) is 4.28. The largest absolute Gasteiger partial charge is 0.508 e. The fourth-order valence-electron chi connectivity index (χ4n) is 0.874. The van der Waals surface area contributed by atoms with Crippen LogP contribution in [0.25, 0.3) is 0 Å². The average molecular weight is 186 g/mol. The van der Waals surface area contributed by atoms with Crippen LogP contribution in [-0.2, 0) is 10.7 Å². The Kier molecular flexibility index (Phi) is 2.32. The van der Waals surface area contributed by atoms with Gasteiger partial charge < -0.3 is 5.11 Å². The second-order valence-electron chi connectivity index (χ2n) is 2.68. The molecular weight excluding hydrogens is 178 g/mol. The average Bonchev–Trinajstić information content (AvgIpc) is 2.04. The number of Topliss-reactive ketones (excluding diaryl/α,β-unsaturated/α-hetero) is 1. The second-order valence-corrected chi connectivity index (χ2v) is 2.68. The van der Waals surface area contributed by atoms with Crippen LogP contribution in [0.1, 0.15) is 12.5 Å². The van der Waals surface area contributed by atoms with Crippen molar-refractivity contribution in [3.8, 4) is 5.75 Å². The van der Waals surface area contributed by atoms with Crippen LogP contribution in [0.4, 0.5) is 8.78 Å². The van der Waals surface area contributed by atoms with Crippen molar-refractivity contribution in [1.82, 2.24) is 0 Å². The van der Waals surface area contributed by atoms with E-state index in [2.05, 4.69) is 0 Å². The number of carbonyl (C=O) groups is 1. The summed E-state index contributed by atoms with van der Waals surface area (Å²) in [5.74, 6) is -4.78. The number of halogens is 2. The molecule has 0 atom stereocenters. The SMILES string of the molecule is CC(=O)C(F)(F)c1ccc(O)cc1. The van der Waals surface area contributed by atoms with Gasteiger partial charge in [-0.15, -0.1) is 0 Å². The Bertz CT molecular complexity index is 317. The van der Waals surface area contributed by atoms with Gasteiger partial charge in [-0.25, -0.2) is 0 Å². The lowest BCUT2D eigenvalue weighted by atomic mass is 10.1. The minimum atomic E-state index is -3.46. The number of hydrogen-bond donors (Lipinski definition) is 1. The summed E-state index contributed by atoms with van der Waals surface area (Å²) in [7, 11) is 0. The maximum Gasteiger partial charge on any atom is 0.330 e.